The minimum absolute atomic E-state index is 0.209. The van der Waals surface area contributed by atoms with Gasteiger partial charge < -0.3 is 19.7 Å². The van der Waals surface area contributed by atoms with E-state index in [-0.39, 0.29) is 34.7 Å². The molecule has 0 unspecified atom stereocenters. The Hall–Kier alpha value is -3.88. The van der Waals surface area contributed by atoms with E-state index in [9.17, 15) is 19.2 Å². The van der Waals surface area contributed by atoms with Crippen LogP contribution in [-0.2, 0) is 4.74 Å². The first-order valence-electron chi connectivity index (χ1n) is 10.8. The third-order valence-corrected chi connectivity index (χ3v) is 5.89. The molecule has 1 N–H and O–H groups in total. The van der Waals surface area contributed by atoms with Gasteiger partial charge in [-0.25, -0.2) is 4.79 Å². The van der Waals surface area contributed by atoms with Crippen LogP contribution in [0.25, 0.3) is 0 Å². The number of hydrogen-bond donors (Lipinski definition) is 1. The lowest BCUT2D eigenvalue weighted by Gasteiger charge is -2.35. The zero-order valence-corrected chi connectivity index (χ0v) is 18.5. The summed E-state index contributed by atoms with van der Waals surface area (Å²) in [5.41, 5.74) is 1.25. The quantitative estimate of drug-likeness (QED) is 0.700. The van der Waals surface area contributed by atoms with Crippen LogP contribution in [-0.4, -0.2) is 66.5 Å². The minimum Gasteiger partial charge on any atom is -0.495 e. The van der Waals surface area contributed by atoms with E-state index < -0.39 is 11.8 Å². The van der Waals surface area contributed by atoms with Crippen LogP contribution in [0.2, 0.25) is 0 Å². The van der Waals surface area contributed by atoms with Crippen LogP contribution < -0.4 is 10.1 Å². The summed E-state index contributed by atoms with van der Waals surface area (Å²) in [5.74, 6) is -0.694. The lowest BCUT2D eigenvalue weighted by molar-refractivity contribution is 0.0485. The van der Waals surface area contributed by atoms with E-state index in [4.69, 9.17) is 9.47 Å². The standard InChI is InChI=1S/C24H25N3O6/c1-3-33-24(31)26-12-10-16(11-13-26)27-22(29)17-9-8-15(14-18(17)23(27)30)21(28)25-19-6-4-5-7-20(19)32-2/h4-9,14,16H,3,10-13H2,1-2H3,(H,25,28). The molecule has 172 valence electrons. The molecule has 0 aromatic heterocycles. The van der Waals surface area contributed by atoms with Crippen molar-refractivity contribution in [1.29, 1.82) is 0 Å². The molecule has 2 aromatic rings. The van der Waals surface area contributed by atoms with Gasteiger partial charge in [-0.3, -0.25) is 19.3 Å². The summed E-state index contributed by atoms with van der Waals surface area (Å²) < 4.78 is 10.3. The highest BCUT2D eigenvalue weighted by Crippen LogP contribution is 2.30. The number of anilines is 1. The third-order valence-electron chi connectivity index (χ3n) is 5.89. The average molecular weight is 451 g/mol. The van der Waals surface area contributed by atoms with Crippen molar-refractivity contribution < 1.29 is 28.7 Å². The summed E-state index contributed by atoms with van der Waals surface area (Å²) >= 11 is 0. The number of nitrogens with zero attached hydrogens (tertiary/aromatic N) is 2. The van der Waals surface area contributed by atoms with E-state index in [1.54, 1.807) is 36.1 Å². The highest BCUT2D eigenvalue weighted by Gasteiger charge is 2.41. The molecule has 2 aliphatic heterocycles. The van der Waals surface area contributed by atoms with Crippen molar-refractivity contribution in [1.82, 2.24) is 9.80 Å². The van der Waals surface area contributed by atoms with Gasteiger partial charge in [0.15, 0.2) is 0 Å². The van der Waals surface area contributed by atoms with E-state index in [0.29, 0.717) is 44.0 Å². The fraction of sp³-hybridized carbons (Fsp3) is 0.333. The van der Waals surface area contributed by atoms with Gasteiger partial charge in [0, 0.05) is 24.7 Å². The zero-order valence-electron chi connectivity index (χ0n) is 18.5. The highest BCUT2D eigenvalue weighted by atomic mass is 16.6. The second-order valence-corrected chi connectivity index (χ2v) is 7.81. The monoisotopic (exact) mass is 451 g/mol. The number of benzene rings is 2. The van der Waals surface area contributed by atoms with Gasteiger partial charge in [-0.05, 0) is 50.1 Å². The van der Waals surface area contributed by atoms with Crippen molar-refractivity contribution in [2.45, 2.75) is 25.8 Å². The summed E-state index contributed by atoms with van der Waals surface area (Å²) in [5, 5.41) is 2.77. The summed E-state index contributed by atoms with van der Waals surface area (Å²) in [4.78, 5) is 53.6. The van der Waals surface area contributed by atoms with E-state index in [0.717, 1.165) is 0 Å². The molecule has 1 fully saturated rings. The smallest absolute Gasteiger partial charge is 0.409 e. The molecule has 9 nitrogen and oxygen atoms in total. The zero-order chi connectivity index (χ0) is 23.5. The molecule has 2 aromatic carbocycles. The Labute approximate surface area is 191 Å². The largest absolute Gasteiger partial charge is 0.495 e. The van der Waals surface area contributed by atoms with E-state index in [2.05, 4.69) is 5.32 Å². The number of ether oxygens (including phenoxy) is 2. The number of piperidine rings is 1. The van der Waals surface area contributed by atoms with Crippen molar-refractivity contribution in [2.75, 3.05) is 32.1 Å². The molecule has 0 saturated carbocycles. The Morgan fingerprint density at radius 2 is 1.73 bits per heavy atom. The molecule has 0 radical (unpaired) electrons. The number of amides is 4. The van der Waals surface area contributed by atoms with E-state index in [1.165, 1.54) is 30.2 Å². The number of methoxy groups -OCH3 is 1. The normalized spacial score (nSPS) is 15.9. The van der Waals surface area contributed by atoms with E-state index >= 15 is 0 Å². The van der Waals surface area contributed by atoms with Gasteiger partial charge in [0.2, 0.25) is 0 Å². The average Bonchev–Trinajstić information content (AvgIpc) is 3.09. The van der Waals surface area contributed by atoms with Gasteiger partial charge in [0.25, 0.3) is 17.7 Å². The SMILES string of the molecule is CCOC(=O)N1CCC(N2C(=O)c3ccc(C(=O)Nc4ccccc4OC)cc3C2=O)CC1. The van der Waals surface area contributed by atoms with Gasteiger partial charge in [-0.15, -0.1) is 0 Å². The molecular formula is C24H25N3O6. The molecule has 0 spiro atoms. The maximum absolute atomic E-state index is 13.1. The van der Waals surface area contributed by atoms with Crippen molar-refractivity contribution in [3.05, 3.63) is 59.2 Å². The lowest BCUT2D eigenvalue weighted by Crippen LogP contribution is -2.48. The number of carbonyl (C=O) groups excluding carboxylic acids is 4. The van der Waals surface area contributed by atoms with Gasteiger partial charge in [-0.2, -0.15) is 0 Å². The third kappa shape index (κ3) is 4.26. The number of rotatable bonds is 5. The number of para-hydroxylation sites is 2. The molecule has 4 rings (SSSR count). The fourth-order valence-electron chi connectivity index (χ4n) is 4.20. The van der Waals surface area contributed by atoms with Gasteiger partial charge >= 0.3 is 6.09 Å². The fourth-order valence-corrected chi connectivity index (χ4v) is 4.20. The van der Waals surface area contributed by atoms with Crippen LogP contribution in [0.15, 0.2) is 42.5 Å². The van der Waals surface area contributed by atoms with Crippen LogP contribution >= 0.6 is 0 Å². The van der Waals surface area contributed by atoms with E-state index in [1.807, 2.05) is 0 Å². The van der Waals surface area contributed by atoms with Crippen molar-refractivity contribution in [3.63, 3.8) is 0 Å². The second kappa shape index (κ2) is 9.32. The maximum atomic E-state index is 13.1. The predicted molar refractivity (Wildman–Crippen MR) is 120 cm³/mol. The van der Waals surface area contributed by atoms with Crippen LogP contribution in [0.4, 0.5) is 10.5 Å². The van der Waals surface area contributed by atoms with Gasteiger partial charge in [0.05, 0.1) is 30.5 Å². The summed E-state index contributed by atoms with van der Waals surface area (Å²) in [6.45, 7) is 2.85. The van der Waals surface area contributed by atoms with Crippen molar-refractivity contribution in [3.8, 4) is 5.75 Å². The number of nitrogens with one attached hydrogen (secondary N) is 1. The minimum atomic E-state index is -0.420. The molecule has 33 heavy (non-hydrogen) atoms. The number of likely N-dealkylation sites (tertiary alicyclic amines) is 1. The first-order chi connectivity index (χ1) is 15.9. The van der Waals surface area contributed by atoms with Crippen molar-refractivity contribution in [2.24, 2.45) is 0 Å². The predicted octanol–water partition coefficient (Wildman–Crippen LogP) is 3.16. The molecule has 0 bridgehead atoms. The first kappa shape index (κ1) is 22.3. The lowest BCUT2D eigenvalue weighted by atomic mass is 10.0. The Morgan fingerprint density at radius 1 is 1.03 bits per heavy atom. The molecule has 4 amide bonds. The number of fused-ring (bicyclic) bond motifs is 1. The molecule has 2 heterocycles. The Balaban J connectivity index is 1.48. The number of imide groups is 1. The molecule has 0 atom stereocenters. The summed E-state index contributed by atoms with van der Waals surface area (Å²) in [6.07, 6.45) is 0.570. The van der Waals surface area contributed by atoms with Crippen LogP contribution in [0.5, 0.6) is 5.75 Å². The molecular weight excluding hydrogens is 426 g/mol. The molecule has 0 aliphatic carbocycles. The molecule has 9 heteroatoms. The summed E-state index contributed by atoms with van der Waals surface area (Å²) in [7, 11) is 1.51. The Morgan fingerprint density at radius 3 is 2.42 bits per heavy atom. The number of carbonyl (C=O) groups is 4. The molecule has 1 saturated heterocycles. The maximum Gasteiger partial charge on any atom is 0.409 e. The highest BCUT2D eigenvalue weighted by molar-refractivity contribution is 6.22. The van der Waals surface area contributed by atoms with Crippen LogP contribution in [0.1, 0.15) is 50.8 Å². The van der Waals surface area contributed by atoms with Gasteiger partial charge in [-0.1, -0.05) is 12.1 Å². The first-order valence-corrected chi connectivity index (χ1v) is 10.8. The van der Waals surface area contributed by atoms with Gasteiger partial charge in [0.1, 0.15) is 5.75 Å². The summed E-state index contributed by atoms with van der Waals surface area (Å²) in [6, 6.07) is 11.2. The Kier molecular flexibility index (Phi) is 6.30. The second-order valence-electron chi connectivity index (χ2n) is 7.81. The Bertz CT molecular complexity index is 1110. The van der Waals surface area contributed by atoms with Crippen molar-refractivity contribution >= 4 is 29.5 Å². The van der Waals surface area contributed by atoms with Crippen LogP contribution in [0, 0.1) is 0 Å². The topological polar surface area (TPSA) is 105 Å². The number of hydrogen-bond acceptors (Lipinski definition) is 6. The van der Waals surface area contributed by atoms with Crippen LogP contribution in [0.3, 0.4) is 0 Å². The molecule has 2 aliphatic rings.